The lowest BCUT2D eigenvalue weighted by Crippen LogP contribution is -1.93. The Bertz CT molecular complexity index is 840. The molecule has 1 aromatic carbocycles. The minimum Gasteiger partial charge on any atom is -0.493 e. The zero-order valence-electron chi connectivity index (χ0n) is 13.7. The first-order valence-electron chi connectivity index (χ1n) is 7.23. The van der Waals surface area contributed by atoms with E-state index in [0.29, 0.717) is 11.5 Å². The van der Waals surface area contributed by atoms with E-state index in [2.05, 4.69) is 48.8 Å². The number of hydrogen-bond acceptors (Lipinski definition) is 5. The Morgan fingerprint density at radius 2 is 1.83 bits per heavy atom. The van der Waals surface area contributed by atoms with Crippen LogP contribution in [0, 0.1) is 3.57 Å². The highest BCUT2D eigenvalue weighted by Crippen LogP contribution is 2.33. The maximum atomic E-state index is 5.35. The lowest BCUT2D eigenvalue weighted by atomic mass is 10.1. The molecule has 0 N–H and O–H groups in total. The Morgan fingerprint density at radius 3 is 2.46 bits per heavy atom. The number of halogens is 2. The summed E-state index contributed by atoms with van der Waals surface area (Å²) in [7, 11) is 4.82. The molecule has 0 aliphatic heterocycles. The van der Waals surface area contributed by atoms with Crippen molar-refractivity contribution in [3.05, 3.63) is 34.2 Å². The predicted octanol–water partition coefficient (Wildman–Crippen LogP) is 5.59. The topological polar surface area (TPSA) is 49.2 Å². The molecule has 8 heteroatoms. The minimum absolute atomic E-state index is 0.678. The van der Waals surface area contributed by atoms with Crippen LogP contribution in [0.2, 0.25) is 0 Å². The molecule has 2 heterocycles. The van der Waals surface area contributed by atoms with E-state index in [0.717, 1.165) is 26.0 Å². The van der Waals surface area contributed by atoms with Crippen molar-refractivity contribution in [3.63, 3.8) is 0 Å². The molecule has 0 saturated carbocycles. The van der Waals surface area contributed by atoms with E-state index >= 15 is 0 Å². The molecule has 0 fully saturated rings. The van der Waals surface area contributed by atoms with Crippen LogP contribution in [0.1, 0.15) is 13.8 Å². The van der Waals surface area contributed by atoms with E-state index in [-0.39, 0.29) is 0 Å². The Hall–Kier alpha value is -0.750. The van der Waals surface area contributed by atoms with Gasteiger partial charge < -0.3 is 9.47 Å². The SMILES string of the molecule is CC.COc1ccc(-c2cnc3c(n2)c(I)cn3SI)cc1OC. The first kappa shape index (κ1) is 19.6. The van der Waals surface area contributed by atoms with Gasteiger partial charge in [0.05, 0.1) is 29.7 Å². The zero-order valence-corrected chi connectivity index (χ0v) is 18.8. The summed E-state index contributed by atoms with van der Waals surface area (Å²) in [6.07, 6.45) is 3.81. The Morgan fingerprint density at radius 1 is 1.12 bits per heavy atom. The summed E-state index contributed by atoms with van der Waals surface area (Å²) in [6.45, 7) is 4.00. The van der Waals surface area contributed by atoms with Crippen molar-refractivity contribution in [2.75, 3.05) is 14.2 Å². The van der Waals surface area contributed by atoms with Gasteiger partial charge in [-0.1, -0.05) is 13.8 Å². The second-order valence-corrected chi connectivity index (χ2v) is 7.24. The van der Waals surface area contributed by atoms with Crippen LogP contribution in [-0.2, 0) is 0 Å². The molecule has 0 amide bonds. The fourth-order valence-electron chi connectivity index (χ4n) is 2.12. The normalized spacial score (nSPS) is 10.2. The molecular weight excluding hydrogens is 552 g/mol. The Kier molecular flexibility index (Phi) is 7.41. The van der Waals surface area contributed by atoms with Crippen molar-refractivity contribution in [1.29, 1.82) is 0 Å². The summed E-state index contributed by atoms with van der Waals surface area (Å²) in [5.41, 5.74) is 3.52. The molecule has 0 atom stereocenters. The van der Waals surface area contributed by atoms with Crippen LogP contribution in [0.3, 0.4) is 0 Å². The van der Waals surface area contributed by atoms with Gasteiger partial charge in [-0.05, 0) is 40.8 Å². The monoisotopic (exact) mass is 569 g/mol. The predicted molar refractivity (Wildman–Crippen MR) is 117 cm³/mol. The van der Waals surface area contributed by atoms with Gasteiger partial charge in [-0.3, -0.25) is 3.97 Å². The average Bonchev–Trinajstić information content (AvgIpc) is 2.98. The van der Waals surface area contributed by atoms with Crippen LogP contribution in [-0.4, -0.2) is 28.2 Å². The molecule has 0 unspecified atom stereocenters. The minimum atomic E-state index is 0.678. The molecule has 0 bridgehead atoms. The average molecular weight is 569 g/mol. The Labute approximate surface area is 171 Å². The van der Waals surface area contributed by atoms with E-state index in [1.54, 1.807) is 29.5 Å². The van der Waals surface area contributed by atoms with Gasteiger partial charge >= 0.3 is 0 Å². The third kappa shape index (κ3) is 3.90. The molecule has 3 aromatic rings. The molecule has 2 aromatic heterocycles. The molecule has 0 saturated heterocycles. The van der Waals surface area contributed by atoms with Gasteiger partial charge in [0, 0.05) is 42.1 Å². The van der Waals surface area contributed by atoms with Gasteiger partial charge in [0.2, 0.25) is 0 Å². The summed E-state index contributed by atoms with van der Waals surface area (Å²) < 4.78 is 13.7. The van der Waals surface area contributed by atoms with Gasteiger partial charge in [0.15, 0.2) is 17.1 Å². The number of hydrogen-bond donors (Lipinski definition) is 0. The molecule has 5 nitrogen and oxygen atoms in total. The van der Waals surface area contributed by atoms with Crippen molar-refractivity contribution < 1.29 is 9.47 Å². The van der Waals surface area contributed by atoms with Crippen molar-refractivity contribution in [3.8, 4) is 22.8 Å². The fraction of sp³-hybridized carbons (Fsp3) is 0.250. The highest BCUT2D eigenvalue weighted by Gasteiger charge is 2.13. The highest BCUT2D eigenvalue weighted by molar-refractivity contribution is 14.2. The van der Waals surface area contributed by atoms with E-state index in [1.807, 2.05) is 42.2 Å². The van der Waals surface area contributed by atoms with Gasteiger partial charge in [0.1, 0.15) is 5.52 Å². The van der Waals surface area contributed by atoms with Crippen LogP contribution < -0.4 is 9.47 Å². The maximum absolute atomic E-state index is 5.35. The third-order valence-corrected chi connectivity index (χ3v) is 5.66. The van der Waals surface area contributed by atoms with Crippen LogP contribution in [0.25, 0.3) is 22.4 Å². The molecule has 128 valence electrons. The van der Waals surface area contributed by atoms with Gasteiger partial charge in [0.25, 0.3) is 0 Å². The first-order valence-corrected chi connectivity index (χ1v) is 11.6. The molecule has 0 aliphatic rings. The number of ether oxygens (including phenoxy) is 2. The Balaban J connectivity index is 0.00000100. The number of aromatic nitrogens is 3. The van der Waals surface area contributed by atoms with Gasteiger partial charge in [-0.25, -0.2) is 9.97 Å². The molecule has 0 aliphatic carbocycles. The van der Waals surface area contributed by atoms with Crippen LogP contribution in [0.4, 0.5) is 0 Å². The number of rotatable bonds is 4. The van der Waals surface area contributed by atoms with E-state index < -0.39 is 0 Å². The number of nitrogens with zero attached hydrogens (tertiary/aromatic N) is 3. The number of benzene rings is 1. The zero-order chi connectivity index (χ0) is 17.7. The summed E-state index contributed by atoms with van der Waals surface area (Å²) in [5, 5.41) is 0. The van der Waals surface area contributed by atoms with Crippen LogP contribution in [0.15, 0.2) is 30.6 Å². The molecule has 0 radical (unpaired) electrons. The van der Waals surface area contributed by atoms with Crippen LogP contribution >= 0.6 is 52.9 Å². The van der Waals surface area contributed by atoms with Gasteiger partial charge in [-0.2, -0.15) is 0 Å². The molecular formula is C16H17I2N3O2S. The lowest BCUT2D eigenvalue weighted by Gasteiger charge is -2.09. The molecule has 0 spiro atoms. The summed E-state index contributed by atoms with van der Waals surface area (Å²) in [5.74, 6) is 1.37. The van der Waals surface area contributed by atoms with Crippen molar-refractivity contribution in [2.24, 2.45) is 0 Å². The smallest absolute Gasteiger partial charge is 0.170 e. The second-order valence-electron chi connectivity index (χ2n) is 4.37. The summed E-state index contributed by atoms with van der Waals surface area (Å²) in [6, 6.07) is 5.73. The largest absolute Gasteiger partial charge is 0.493 e. The van der Waals surface area contributed by atoms with E-state index in [9.17, 15) is 0 Å². The molecule has 24 heavy (non-hydrogen) atoms. The first-order chi connectivity index (χ1) is 11.7. The lowest BCUT2D eigenvalue weighted by molar-refractivity contribution is 0.355. The van der Waals surface area contributed by atoms with E-state index in [1.165, 1.54) is 0 Å². The summed E-state index contributed by atoms with van der Waals surface area (Å²) in [4.78, 5) is 9.29. The fourth-order valence-corrected chi connectivity index (χ4v) is 4.19. The standard InChI is InChI=1S/C14H11I2N3O2S.C2H6/c1-20-11-4-3-8(5-12(11)21-2)10-6-17-14-13(18-10)9(15)7-19(14)22-16;1-2/h3-7H,1-2H3;1-2H3. The quantitative estimate of drug-likeness (QED) is 0.384. The van der Waals surface area contributed by atoms with Crippen molar-refractivity contribution in [2.45, 2.75) is 13.8 Å². The maximum Gasteiger partial charge on any atom is 0.170 e. The summed E-state index contributed by atoms with van der Waals surface area (Å²) >= 11 is 4.51. The van der Waals surface area contributed by atoms with Crippen molar-refractivity contribution in [1.82, 2.24) is 13.9 Å². The second kappa shape index (κ2) is 9.09. The van der Waals surface area contributed by atoms with Gasteiger partial charge in [-0.15, -0.1) is 0 Å². The van der Waals surface area contributed by atoms with E-state index in [4.69, 9.17) is 14.5 Å². The van der Waals surface area contributed by atoms with Crippen LogP contribution in [0.5, 0.6) is 11.5 Å². The third-order valence-electron chi connectivity index (χ3n) is 3.17. The molecule has 3 rings (SSSR count). The highest BCUT2D eigenvalue weighted by atomic mass is 127. The number of methoxy groups -OCH3 is 2. The van der Waals surface area contributed by atoms with Crippen molar-refractivity contribution >= 4 is 64.1 Å². The number of fused-ring (bicyclic) bond motifs is 1.